The second kappa shape index (κ2) is 10.1. The molecule has 0 aromatic heterocycles. The van der Waals surface area contributed by atoms with E-state index in [9.17, 15) is 24.0 Å². The number of rotatable bonds is 7. The summed E-state index contributed by atoms with van der Waals surface area (Å²) >= 11 is 5.95. The summed E-state index contributed by atoms with van der Waals surface area (Å²) in [5.41, 5.74) is -0.367. The van der Waals surface area contributed by atoms with E-state index in [4.69, 9.17) is 15.7 Å². The van der Waals surface area contributed by atoms with Crippen molar-refractivity contribution in [2.75, 3.05) is 19.4 Å². The van der Waals surface area contributed by atoms with Gasteiger partial charge in [-0.3, -0.25) is 24.5 Å². The Bertz CT molecular complexity index is 971. The lowest BCUT2D eigenvalue weighted by Crippen LogP contribution is -2.48. The van der Waals surface area contributed by atoms with Crippen molar-refractivity contribution in [3.63, 3.8) is 0 Å². The number of ether oxygens (including phenoxy) is 1. The fraction of sp³-hybridized carbons (Fsp3) is 0.421. The van der Waals surface area contributed by atoms with Crippen LogP contribution in [-0.2, 0) is 19.1 Å². The maximum Gasteiger partial charge on any atom is 0.411 e. The molecule has 1 saturated heterocycles. The predicted octanol–water partition coefficient (Wildman–Crippen LogP) is 0.846. The van der Waals surface area contributed by atoms with Gasteiger partial charge < -0.3 is 20.7 Å². The Labute approximate surface area is 182 Å². The number of anilines is 1. The summed E-state index contributed by atoms with van der Waals surface area (Å²) in [6, 6.07) is 2.27. The van der Waals surface area contributed by atoms with Gasteiger partial charge in [-0.25, -0.2) is 4.79 Å². The summed E-state index contributed by atoms with van der Waals surface area (Å²) in [7, 11) is -1.76. The van der Waals surface area contributed by atoms with Crippen LogP contribution in [0.5, 0.6) is 0 Å². The summed E-state index contributed by atoms with van der Waals surface area (Å²) < 4.78 is 25.1. The maximum atomic E-state index is 13.0. The molecule has 3 atom stereocenters. The molecule has 2 rings (SSSR count). The molecule has 0 saturated carbocycles. The highest BCUT2D eigenvalue weighted by Crippen LogP contribution is 2.23. The van der Waals surface area contributed by atoms with Gasteiger partial charge in [-0.1, -0.05) is 11.6 Å². The summed E-state index contributed by atoms with van der Waals surface area (Å²) in [5.74, 6) is -3.72. The number of likely N-dealkylation sites (N-methyl/N-ethyl adjacent to an activating group) is 1. The van der Waals surface area contributed by atoms with Crippen LogP contribution in [0, 0.1) is 5.92 Å². The molecule has 1 unspecified atom stereocenters. The first-order chi connectivity index (χ1) is 15.3. The highest BCUT2D eigenvalue weighted by Gasteiger charge is 2.36. The molecule has 1 heterocycles. The number of hydrogen-bond acceptors (Lipinski definition) is 6. The van der Waals surface area contributed by atoms with E-state index in [0.29, 0.717) is 6.42 Å². The molecular formula is C19H23ClN4O6. The standard InChI is InChI=1S/C19H23ClN4O6/c1-9-6-10(16(26)22-9)7-14(15(25)18(28)21-2)23-17(27)12-8-11(20)4-5-13(12)24-19(29)30-3/h4-5,8-10,14H,6-7H2,1-3H3,(H,21,28)(H,22,26)(H,23,27)(H,24,29)/t9-,10+,14?/m1/s1/i3D3. The second-order valence-corrected chi connectivity index (χ2v) is 7.19. The molecule has 1 aromatic rings. The minimum absolute atomic E-state index is 0.105. The highest BCUT2D eigenvalue weighted by molar-refractivity contribution is 6.38. The van der Waals surface area contributed by atoms with Crippen molar-refractivity contribution in [3.05, 3.63) is 28.8 Å². The number of amides is 4. The van der Waals surface area contributed by atoms with Crippen molar-refractivity contribution in [1.82, 2.24) is 16.0 Å². The number of benzene rings is 1. The number of halogens is 1. The lowest BCUT2D eigenvalue weighted by Gasteiger charge is -2.20. The van der Waals surface area contributed by atoms with E-state index < -0.39 is 42.7 Å². The molecule has 0 aliphatic carbocycles. The molecule has 162 valence electrons. The molecule has 0 bridgehead atoms. The Balaban J connectivity index is 2.28. The lowest BCUT2D eigenvalue weighted by molar-refractivity contribution is -0.139. The smallest absolute Gasteiger partial charge is 0.411 e. The Morgan fingerprint density at radius 1 is 1.37 bits per heavy atom. The van der Waals surface area contributed by atoms with Crippen LogP contribution in [0.25, 0.3) is 0 Å². The highest BCUT2D eigenvalue weighted by atomic mass is 35.5. The third-order valence-corrected chi connectivity index (χ3v) is 4.78. The van der Waals surface area contributed by atoms with Crippen LogP contribution in [0.3, 0.4) is 0 Å². The number of carbonyl (C=O) groups is 5. The van der Waals surface area contributed by atoms with Crippen LogP contribution >= 0.6 is 11.6 Å². The Kier molecular flexibility index (Phi) is 6.32. The fourth-order valence-electron chi connectivity index (χ4n) is 3.14. The second-order valence-electron chi connectivity index (χ2n) is 6.75. The molecule has 30 heavy (non-hydrogen) atoms. The molecule has 1 aliphatic heterocycles. The number of nitrogens with one attached hydrogen (secondary N) is 4. The normalized spacial score (nSPS) is 20.6. The Morgan fingerprint density at radius 2 is 2.10 bits per heavy atom. The Morgan fingerprint density at radius 3 is 2.70 bits per heavy atom. The monoisotopic (exact) mass is 441 g/mol. The summed E-state index contributed by atoms with van der Waals surface area (Å²) in [6.45, 7) is 1.79. The SMILES string of the molecule is [2H]C([2H])([2H])OC(=O)Nc1ccc(Cl)cc1C(=O)NC(C[C@@H]1C[C@@H](C)NC1=O)C(=O)C(=O)NC. The molecule has 0 radical (unpaired) electrons. The number of hydrogen-bond donors (Lipinski definition) is 4. The van der Waals surface area contributed by atoms with Gasteiger partial charge in [-0.15, -0.1) is 0 Å². The van der Waals surface area contributed by atoms with Crippen molar-refractivity contribution < 1.29 is 32.8 Å². The van der Waals surface area contributed by atoms with Crippen LogP contribution in [0.1, 0.15) is 34.2 Å². The Hall–Kier alpha value is -3.14. The number of ketones is 1. The van der Waals surface area contributed by atoms with E-state index in [1.807, 2.05) is 0 Å². The van der Waals surface area contributed by atoms with Crippen LogP contribution in [0.2, 0.25) is 5.02 Å². The summed E-state index contributed by atoms with van der Waals surface area (Å²) in [4.78, 5) is 61.4. The third kappa shape index (κ3) is 5.69. The van der Waals surface area contributed by atoms with E-state index in [2.05, 4.69) is 26.0 Å². The van der Waals surface area contributed by atoms with Gasteiger partial charge in [0, 0.05) is 24.0 Å². The molecule has 1 fully saturated rings. The van der Waals surface area contributed by atoms with E-state index in [1.165, 1.54) is 25.2 Å². The first-order valence-corrected chi connectivity index (χ1v) is 9.35. The van der Waals surface area contributed by atoms with Crippen LogP contribution < -0.4 is 21.3 Å². The van der Waals surface area contributed by atoms with Gasteiger partial charge in [0.15, 0.2) is 0 Å². The van der Waals surface area contributed by atoms with E-state index in [0.717, 1.165) is 0 Å². The van der Waals surface area contributed by atoms with Gasteiger partial charge >= 0.3 is 6.09 Å². The third-order valence-electron chi connectivity index (χ3n) is 4.55. The van der Waals surface area contributed by atoms with E-state index in [-0.39, 0.29) is 34.6 Å². The largest absolute Gasteiger partial charge is 0.453 e. The summed E-state index contributed by atoms with van der Waals surface area (Å²) in [6.07, 6.45) is -1.06. The van der Waals surface area contributed by atoms with Crippen LogP contribution in [0.15, 0.2) is 18.2 Å². The van der Waals surface area contributed by atoms with Crippen molar-refractivity contribution >= 4 is 46.9 Å². The van der Waals surface area contributed by atoms with Gasteiger partial charge in [0.05, 0.1) is 28.4 Å². The minimum atomic E-state index is -3.01. The molecule has 10 nitrogen and oxygen atoms in total. The van der Waals surface area contributed by atoms with E-state index in [1.54, 1.807) is 6.92 Å². The molecule has 4 amide bonds. The van der Waals surface area contributed by atoms with Gasteiger partial charge in [0.1, 0.15) is 0 Å². The first kappa shape index (κ1) is 18.9. The minimum Gasteiger partial charge on any atom is -0.453 e. The molecule has 1 aromatic carbocycles. The molecular weight excluding hydrogens is 416 g/mol. The van der Waals surface area contributed by atoms with Gasteiger partial charge in [0.25, 0.3) is 11.8 Å². The van der Waals surface area contributed by atoms with Crippen molar-refractivity contribution in [2.24, 2.45) is 5.92 Å². The first-order valence-electron chi connectivity index (χ1n) is 10.5. The maximum absolute atomic E-state index is 13.0. The van der Waals surface area contributed by atoms with Crippen molar-refractivity contribution in [2.45, 2.75) is 31.8 Å². The van der Waals surface area contributed by atoms with Crippen LogP contribution in [-0.4, -0.2) is 55.8 Å². The van der Waals surface area contributed by atoms with Gasteiger partial charge in [-0.2, -0.15) is 0 Å². The average Bonchev–Trinajstić information content (AvgIpc) is 3.02. The van der Waals surface area contributed by atoms with Gasteiger partial charge in [-0.05, 0) is 38.0 Å². The number of Topliss-reactive ketones (excluding diaryl/α,β-unsaturated/α-hetero) is 1. The van der Waals surface area contributed by atoms with E-state index >= 15 is 0 Å². The zero-order chi connectivity index (χ0) is 24.9. The molecule has 0 spiro atoms. The van der Waals surface area contributed by atoms with Gasteiger partial charge in [0.2, 0.25) is 11.7 Å². The molecule has 1 aliphatic rings. The molecule has 4 N–H and O–H groups in total. The quantitative estimate of drug-likeness (QED) is 0.462. The predicted molar refractivity (Wildman–Crippen MR) is 108 cm³/mol. The van der Waals surface area contributed by atoms with Crippen LogP contribution in [0.4, 0.5) is 10.5 Å². The topological polar surface area (TPSA) is 143 Å². The fourth-order valence-corrected chi connectivity index (χ4v) is 3.31. The average molecular weight is 442 g/mol. The molecule has 11 heteroatoms. The lowest BCUT2D eigenvalue weighted by atomic mass is 9.93. The zero-order valence-corrected chi connectivity index (χ0v) is 17.0. The number of carbonyl (C=O) groups excluding carboxylic acids is 5. The van der Waals surface area contributed by atoms with Crippen molar-refractivity contribution in [1.29, 1.82) is 0 Å². The summed E-state index contributed by atoms with van der Waals surface area (Å²) in [5, 5.41) is 9.53. The number of methoxy groups -OCH3 is 1. The van der Waals surface area contributed by atoms with Crippen molar-refractivity contribution in [3.8, 4) is 0 Å². The zero-order valence-electron chi connectivity index (χ0n) is 19.2.